The second kappa shape index (κ2) is 7.87. The molecule has 2 N–H and O–H groups in total. The lowest BCUT2D eigenvalue weighted by Crippen LogP contribution is -2.41. The summed E-state index contributed by atoms with van der Waals surface area (Å²) in [5.41, 5.74) is 0.651. The number of ether oxygens (including phenoxy) is 1. The Kier molecular flexibility index (Phi) is 5.58. The highest BCUT2D eigenvalue weighted by molar-refractivity contribution is 5.94. The molecule has 3 rings (SSSR count). The first-order valence-electron chi connectivity index (χ1n) is 8.99. The van der Waals surface area contributed by atoms with Gasteiger partial charge in [0.25, 0.3) is 5.91 Å². The van der Waals surface area contributed by atoms with Crippen molar-refractivity contribution in [2.24, 2.45) is 11.8 Å². The Morgan fingerprint density at radius 2 is 1.92 bits per heavy atom. The van der Waals surface area contributed by atoms with Crippen molar-refractivity contribution < 1.29 is 14.3 Å². The second-order valence-corrected chi connectivity index (χ2v) is 7.16. The molecule has 25 heavy (non-hydrogen) atoms. The molecule has 1 heterocycles. The molecular formula is C19H27N3O3. The molecule has 0 bridgehead atoms. The maximum atomic E-state index is 12.5. The first-order chi connectivity index (χ1) is 12.0. The van der Waals surface area contributed by atoms with Gasteiger partial charge in [-0.05, 0) is 56.0 Å². The Morgan fingerprint density at radius 1 is 1.20 bits per heavy atom. The number of likely N-dealkylation sites (N-methyl/N-ethyl adjacent to an activating group) is 1. The van der Waals surface area contributed by atoms with Crippen molar-refractivity contribution in [2.45, 2.75) is 25.8 Å². The van der Waals surface area contributed by atoms with E-state index < -0.39 is 0 Å². The zero-order chi connectivity index (χ0) is 17.8. The number of carbonyl (C=O) groups excluding carboxylic acids is 2. The third-order valence-corrected chi connectivity index (χ3v) is 4.95. The molecule has 6 nitrogen and oxygen atoms in total. The van der Waals surface area contributed by atoms with Gasteiger partial charge in [-0.1, -0.05) is 0 Å². The van der Waals surface area contributed by atoms with Gasteiger partial charge in [-0.3, -0.25) is 9.59 Å². The van der Waals surface area contributed by atoms with E-state index in [4.69, 9.17) is 4.74 Å². The molecule has 0 unspecified atom stereocenters. The lowest BCUT2D eigenvalue weighted by molar-refractivity contribution is -0.119. The van der Waals surface area contributed by atoms with E-state index in [1.807, 2.05) is 0 Å². The number of carbonyl (C=O) groups is 2. The molecule has 2 amide bonds. The standard InChI is InChI=1S/C19H27N3O3/c1-13(23)20-9-10-25-16-7-5-15(6-8-16)19(24)21-18-12-22(2)11-17(18)14-3-4-14/h5-8,14,17-18H,3-4,9-12H2,1-2H3,(H,20,23)(H,21,24)/t17-,18+/m1/s1. The first kappa shape index (κ1) is 17.7. The fourth-order valence-corrected chi connectivity index (χ4v) is 3.54. The Hall–Kier alpha value is -2.08. The number of hydrogen-bond donors (Lipinski definition) is 2. The molecule has 1 saturated heterocycles. The number of benzene rings is 1. The van der Waals surface area contributed by atoms with Crippen LogP contribution in [0.15, 0.2) is 24.3 Å². The Bertz CT molecular complexity index is 613. The Labute approximate surface area is 148 Å². The minimum atomic E-state index is -0.0716. The maximum absolute atomic E-state index is 12.5. The summed E-state index contributed by atoms with van der Waals surface area (Å²) in [5, 5.41) is 5.89. The summed E-state index contributed by atoms with van der Waals surface area (Å²) in [7, 11) is 2.12. The van der Waals surface area contributed by atoms with Gasteiger partial charge in [0.1, 0.15) is 12.4 Å². The summed E-state index contributed by atoms with van der Waals surface area (Å²) in [4.78, 5) is 25.6. The summed E-state index contributed by atoms with van der Waals surface area (Å²) in [6.07, 6.45) is 2.60. The van der Waals surface area contributed by atoms with Crippen molar-refractivity contribution >= 4 is 11.8 Å². The molecule has 2 aliphatic rings. The minimum Gasteiger partial charge on any atom is -0.492 e. The molecule has 6 heteroatoms. The van der Waals surface area contributed by atoms with Crippen LogP contribution in [0.4, 0.5) is 0 Å². The number of nitrogens with zero attached hydrogens (tertiary/aromatic N) is 1. The summed E-state index contributed by atoms with van der Waals surface area (Å²) >= 11 is 0. The van der Waals surface area contributed by atoms with Crippen molar-refractivity contribution in [1.82, 2.24) is 15.5 Å². The molecule has 1 aromatic rings. The topological polar surface area (TPSA) is 70.7 Å². The fourth-order valence-electron chi connectivity index (χ4n) is 3.54. The largest absolute Gasteiger partial charge is 0.492 e. The molecule has 2 atom stereocenters. The van der Waals surface area contributed by atoms with Gasteiger partial charge in [-0.15, -0.1) is 0 Å². The molecule has 0 aromatic heterocycles. The van der Waals surface area contributed by atoms with Crippen LogP contribution in [0.25, 0.3) is 0 Å². The van der Waals surface area contributed by atoms with Crippen LogP contribution < -0.4 is 15.4 Å². The highest BCUT2D eigenvalue weighted by atomic mass is 16.5. The average molecular weight is 345 g/mol. The predicted octanol–water partition coefficient (Wildman–Crippen LogP) is 1.27. The third-order valence-electron chi connectivity index (χ3n) is 4.95. The van der Waals surface area contributed by atoms with Crippen LogP contribution in [0.5, 0.6) is 5.75 Å². The SMILES string of the molecule is CC(=O)NCCOc1ccc(C(=O)N[C@H]2CN(C)C[C@@H]2C2CC2)cc1. The molecule has 0 radical (unpaired) electrons. The van der Waals surface area contributed by atoms with Gasteiger partial charge in [-0.2, -0.15) is 0 Å². The monoisotopic (exact) mass is 345 g/mol. The fraction of sp³-hybridized carbons (Fsp3) is 0.579. The summed E-state index contributed by atoms with van der Waals surface area (Å²) in [6, 6.07) is 7.41. The third kappa shape index (κ3) is 4.95. The highest BCUT2D eigenvalue weighted by Crippen LogP contribution is 2.41. The van der Waals surface area contributed by atoms with Gasteiger partial charge in [0.05, 0.1) is 6.54 Å². The molecule has 2 fully saturated rings. The van der Waals surface area contributed by atoms with Crippen LogP contribution in [-0.2, 0) is 4.79 Å². The van der Waals surface area contributed by atoms with E-state index in [9.17, 15) is 9.59 Å². The Morgan fingerprint density at radius 3 is 2.56 bits per heavy atom. The van der Waals surface area contributed by atoms with Gasteiger partial charge < -0.3 is 20.3 Å². The first-order valence-corrected chi connectivity index (χ1v) is 8.99. The number of likely N-dealkylation sites (tertiary alicyclic amines) is 1. The van der Waals surface area contributed by atoms with Crippen LogP contribution in [-0.4, -0.2) is 56.0 Å². The second-order valence-electron chi connectivity index (χ2n) is 7.16. The number of hydrogen-bond acceptors (Lipinski definition) is 4. The van der Waals surface area contributed by atoms with E-state index in [1.54, 1.807) is 24.3 Å². The average Bonchev–Trinajstić information content (AvgIpc) is 3.36. The van der Waals surface area contributed by atoms with Crippen molar-refractivity contribution in [2.75, 3.05) is 33.3 Å². The quantitative estimate of drug-likeness (QED) is 0.730. The highest BCUT2D eigenvalue weighted by Gasteiger charge is 2.41. The van der Waals surface area contributed by atoms with E-state index in [-0.39, 0.29) is 17.9 Å². The van der Waals surface area contributed by atoms with Crippen LogP contribution in [0.2, 0.25) is 0 Å². The summed E-state index contributed by atoms with van der Waals surface area (Å²) < 4.78 is 5.54. The molecule has 0 spiro atoms. The summed E-state index contributed by atoms with van der Waals surface area (Å²) in [6.45, 7) is 4.36. The van der Waals surface area contributed by atoms with Crippen molar-refractivity contribution in [3.8, 4) is 5.75 Å². The van der Waals surface area contributed by atoms with Crippen LogP contribution >= 0.6 is 0 Å². The van der Waals surface area contributed by atoms with Crippen molar-refractivity contribution in [1.29, 1.82) is 0 Å². The number of nitrogens with one attached hydrogen (secondary N) is 2. The summed E-state index contributed by atoms with van der Waals surface area (Å²) in [5.74, 6) is 1.98. The van der Waals surface area contributed by atoms with E-state index in [0.29, 0.717) is 30.4 Å². The van der Waals surface area contributed by atoms with Gasteiger partial charge >= 0.3 is 0 Å². The van der Waals surface area contributed by atoms with Crippen LogP contribution in [0.1, 0.15) is 30.1 Å². The van der Waals surface area contributed by atoms with E-state index in [1.165, 1.54) is 19.8 Å². The maximum Gasteiger partial charge on any atom is 0.251 e. The number of rotatable bonds is 7. The van der Waals surface area contributed by atoms with Gasteiger partial charge in [-0.25, -0.2) is 0 Å². The molecule has 1 aliphatic carbocycles. The molecule has 136 valence electrons. The molecule has 1 aromatic carbocycles. The molecule has 1 saturated carbocycles. The Balaban J connectivity index is 1.49. The molecule has 1 aliphatic heterocycles. The minimum absolute atomic E-state index is 0.0178. The van der Waals surface area contributed by atoms with Crippen molar-refractivity contribution in [3.05, 3.63) is 29.8 Å². The molecular weight excluding hydrogens is 318 g/mol. The van der Waals surface area contributed by atoms with Gasteiger partial charge in [0.2, 0.25) is 5.91 Å². The van der Waals surface area contributed by atoms with Crippen LogP contribution in [0.3, 0.4) is 0 Å². The van der Waals surface area contributed by atoms with Crippen molar-refractivity contribution in [3.63, 3.8) is 0 Å². The van der Waals surface area contributed by atoms with Crippen LogP contribution in [0, 0.1) is 11.8 Å². The van der Waals surface area contributed by atoms with E-state index in [0.717, 1.165) is 19.0 Å². The van der Waals surface area contributed by atoms with Gasteiger partial charge in [0.15, 0.2) is 0 Å². The van der Waals surface area contributed by atoms with E-state index >= 15 is 0 Å². The lowest BCUT2D eigenvalue weighted by Gasteiger charge is -2.19. The van der Waals surface area contributed by atoms with E-state index in [2.05, 4.69) is 22.6 Å². The predicted molar refractivity (Wildman–Crippen MR) is 95.6 cm³/mol. The van der Waals surface area contributed by atoms with Gasteiger partial charge in [0, 0.05) is 31.6 Å². The lowest BCUT2D eigenvalue weighted by atomic mass is 9.98. The zero-order valence-corrected chi connectivity index (χ0v) is 15.0. The number of amides is 2. The zero-order valence-electron chi connectivity index (χ0n) is 15.0. The smallest absolute Gasteiger partial charge is 0.251 e. The normalized spacial score (nSPS) is 23.3.